The Kier molecular flexibility index (Phi) is 3.75. The lowest BCUT2D eigenvalue weighted by atomic mass is 9.95. The van der Waals surface area contributed by atoms with Crippen molar-refractivity contribution in [3.05, 3.63) is 58.9 Å². The van der Waals surface area contributed by atoms with E-state index < -0.39 is 0 Å². The summed E-state index contributed by atoms with van der Waals surface area (Å²) in [6.45, 7) is 7.49. The Balaban J connectivity index is 1.33. The quantitative estimate of drug-likeness (QED) is 0.872. The van der Waals surface area contributed by atoms with Crippen LogP contribution >= 0.6 is 0 Å². The average molecular weight is 321 g/mol. The number of benzene rings is 1. The van der Waals surface area contributed by atoms with Crippen molar-refractivity contribution >= 4 is 11.6 Å². The second kappa shape index (κ2) is 5.93. The van der Waals surface area contributed by atoms with E-state index in [1.54, 1.807) is 0 Å². The second-order valence-electron chi connectivity index (χ2n) is 7.07. The highest BCUT2D eigenvalue weighted by atomic mass is 16.2. The van der Waals surface area contributed by atoms with Crippen LogP contribution in [0.2, 0.25) is 0 Å². The number of fused-ring (bicyclic) bond motifs is 1. The molecule has 124 valence electrons. The number of pyridine rings is 1. The molecule has 3 heterocycles. The fourth-order valence-electron chi connectivity index (χ4n) is 3.82. The van der Waals surface area contributed by atoms with Crippen LogP contribution in [0.25, 0.3) is 0 Å². The number of carbonyl (C=O) groups is 1. The molecule has 0 N–H and O–H groups in total. The van der Waals surface area contributed by atoms with Crippen LogP contribution in [0.1, 0.15) is 28.9 Å². The summed E-state index contributed by atoms with van der Waals surface area (Å²) in [5.74, 6) is 0.736. The molecule has 1 amide bonds. The predicted octanol–water partition coefficient (Wildman–Crippen LogP) is 3.07. The molecule has 4 heteroatoms. The highest BCUT2D eigenvalue weighted by molar-refractivity contribution is 5.77. The molecule has 0 aliphatic carbocycles. The summed E-state index contributed by atoms with van der Waals surface area (Å²) in [4.78, 5) is 21.6. The van der Waals surface area contributed by atoms with E-state index in [-0.39, 0.29) is 5.91 Å². The van der Waals surface area contributed by atoms with Crippen LogP contribution in [0.5, 0.6) is 0 Å². The van der Waals surface area contributed by atoms with E-state index in [1.165, 1.54) is 16.8 Å². The van der Waals surface area contributed by atoms with Gasteiger partial charge >= 0.3 is 0 Å². The summed E-state index contributed by atoms with van der Waals surface area (Å²) in [7, 11) is 0. The highest BCUT2D eigenvalue weighted by Crippen LogP contribution is 2.29. The Hall–Kier alpha value is -2.36. The molecule has 0 spiro atoms. The molecule has 24 heavy (non-hydrogen) atoms. The fourth-order valence-corrected chi connectivity index (χ4v) is 3.82. The maximum atomic E-state index is 12.6. The first-order valence-electron chi connectivity index (χ1n) is 8.64. The first-order valence-corrected chi connectivity index (χ1v) is 8.64. The minimum atomic E-state index is 0.266. The van der Waals surface area contributed by atoms with Gasteiger partial charge in [-0.15, -0.1) is 0 Å². The number of aryl methyl sites for hydroxylation is 2. The van der Waals surface area contributed by atoms with Crippen LogP contribution in [0.3, 0.4) is 0 Å². The lowest BCUT2D eigenvalue weighted by Crippen LogP contribution is -2.48. The van der Waals surface area contributed by atoms with Gasteiger partial charge in [0, 0.05) is 43.4 Å². The van der Waals surface area contributed by atoms with E-state index in [9.17, 15) is 4.79 Å². The summed E-state index contributed by atoms with van der Waals surface area (Å²) in [6, 6.07) is 12.5. The van der Waals surface area contributed by atoms with Gasteiger partial charge in [0.05, 0.1) is 12.2 Å². The Morgan fingerprint density at radius 3 is 2.67 bits per heavy atom. The number of para-hydroxylation sites is 1. The first-order chi connectivity index (χ1) is 11.6. The fraction of sp³-hybridized carbons (Fsp3) is 0.400. The van der Waals surface area contributed by atoms with Gasteiger partial charge < -0.3 is 9.80 Å². The molecule has 1 aromatic heterocycles. The first kappa shape index (κ1) is 15.2. The van der Waals surface area contributed by atoms with Crippen molar-refractivity contribution in [3.8, 4) is 0 Å². The minimum Gasteiger partial charge on any atom is -0.371 e. The maximum absolute atomic E-state index is 12.6. The van der Waals surface area contributed by atoms with Gasteiger partial charge in [-0.05, 0) is 43.2 Å². The van der Waals surface area contributed by atoms with Crippen LogP contribution in [-0.4, -0.2) is 28.9 Å². The third-order valence-electron chi connectivity index (χ3n) is 5.15. The Morgan fingerprint density at radius 2 is 1.92 bits per heavy atom. The van der Waals surface area contributed by atoms with Crippen molar-refractivity contribution in [1.29, 1.82) is 0 Å². The third kappa shape index (κ3) is 2.77. The largest absolute Gasteiger partial charge is 0.371 e. The van der Waals surface area contributed by atoms with Crippen molar-refractivity contribution in [3.63, 3.8) is 0 Å². The molecule has 0 saturated carbocycles. The van der Waals surface area contributed by atoms with Gasteiger partial charge in [-0.2, -0.15) is 0 Å². The van der Waals surface area contributed by atoms with Crippen molar-refractivity contribution in [2.24, 2.45) is 5.92 Å². The highest BCUT2D eigenvalue weighted by Gasteiger charge is 2.32. The lowest BCUT2D eigenvalue weighted by molar-refractivity contribution is -0.133. The second-order valence-corrected chi connectivity index (χ2v) is 7.07. The van der Waals surface area contributed by atoms with E-state index in [4.69, 9.17) is 0 Å². The van der Waals surface area contributed by atoms with Gasteiger partial charge in [-0.25, -0.2) is 0 Å². The summed E-state index contributed by atoms with van der Waals surface area (Å²) in [5.41, 5.74) is 5.88. The van der Waals surface area contributed by atoms with Gasteiger partial charge in [-0.3, -0.25) is 9.78 Å². The molecule has 2 aliphatic heterocycles. The molecule has 2 aliphatic rings. The van der Waals surface area contributed by atoms with Crippen LogP contribution in [0.15, 0.2) is 36.4 Å². The summed E-state index contributed by atoms with van der Waals surface area (Å²) >= 11 is 0. The smallest absolute Gasteiger partial charge is 0.223 e. The van der Waals surface area contributed by atoms with Crippen LogP contribution in [-0.2, 0) is 17.9 Å². The molecule has 0 bridgehead atoms. The predicted molar refractivity (Wildman–Crippen MR) is 94.7 cm³/mol. The maximum Gasteiger partial charge on any atom is 0.223 e. The standard InChI is InChI=1S/C20H23N3O/c1-14-8-15(2)21-19-13-23(12-18(14)19)20(24)9-16-10-22(11-16)17-6-4-3-5-7-17/h3-8,16H,9-13H2,1-2H3. The van der Waals surface area contributed by atoms with Gasteiger partial charge in [0.1, 0.15) is 0 Å². The molecule has 1 fully saturated rings. The zero-order valence-electron chi connectivity index (χ0n) is 14.3. The summed E-state index contributed by atoms with van der Waals surface area (Å²) in [5, 5.41) is 0. The number of amides is 1. The third-order valence-corrected chi connectivity index (χ3v) is 5.15. The number of anilines is 1. The Bertz CT molecular complexity index is 766. The van der Waals surface area contributed by atoms with E-state index in [0.717, 1.165) is 31.0 Å². The van der Waals surface area contributed by atoms with E-state index >= 15 is 0 Å². The lowest BCUT2D eigenvalue weighted by Gasteiger charge is -2.41. The van der Waals surface area contributed by atoms with Crippen LogP contribution < -0.4 is 4.90 Å². The number of rotatable bonds is 3. The Morgan fingerprint density at radius 1 is 1.17 bits per heavy atom. The zero-order valence-corrected chi connectivity index (χ0v) is 14.3. The molecule has 0 atom stereocenters. The molecule has 1 saturated heterocycles. The van der Waals surface area contributed by atoms with Gasteiger partial charge in [0.15, 0.2) is 0 Å². The van der Waals surface area contributed by atoms with Gasteiger partial charge in [-0.1, -0.05) is 18.2 Å². The topological polar surface area (TPSA) is 36.4 Å². The summed E-state index contributed by atoms with van der Waals surface area (Å²) < 4.78 is 0. The molecule has 0 radical (unpaired) electrons. The normalized spacial score (nSPS) is 16.9. The van der Waals surface area contributed by atoms with Crippen molar-refractivity contribution < 1.29 is 4.79 Å². The molecule has 4 nitrogen and oxygen atoms in total. The number of carbonyl (C=O) groups excluding carboxylic acids is 1. The number of aromatic nitrogens is 1. The van der Waals surface area contributed by atoms with Crippen LogP contribution in [0, 0.1) is 19.8 Å². The summed E-state index contributed by atoms with van der Waals surface area (Å²) in [6.07, 6.45) is 0.648. The van der Waals surface area contributed by atoms with E-state index in [2.05, 4.69) is 47.1 Å². The van der Waals surface area contributed by atoms with Gasteiger partial charge in [0.25, 0.3) is 0 Å². The molecule has 2 aromatic rings. The zero-order chi connectivity index (χ0) is 16.7. The van der Waals surface area contributed by atoms with E-state index in [0.29, 0.717) is 18.9 Å². The number of hydrogen-bond acceptors (Lipinski definition) is 3. The van der Waals surface area contributed by atoms with Crippen molar-refractivity contribution in [1.82, 2.24) is 9.88 Å². The minimum absolute atomic E-state index is 0.266. The Labute approximate surface area is 143 Å². The molecule has 1 aromatic carbocycles. The SMILES string of the molecule is Cc1cc(C)c2c(n1)CN(C(=O)CC1CN(c3ccccc3)C1)C2. The van der Waals surface area contributed by atoms with Crippen molar-refractivity contribution in [2.45, 2.75) is 33.4 Å². The van der Waals surface area contributed by atoms with E-state index in [1.807, 2.05) is 17.9 Å². The number of hydrogen-bond donors (Lipinski definition) is 0. The average Bonchev–Trinajstić information content (AvgIpc) is 2.95. The monoisotopic (exact) mass is 321 g/mol. The number of nitrogens with zero attached hydrogens (tertiary/aromatic N) is 3. The van der Waals surface area contributed by atoms with Crippen LogP contribution in [0.4, 0.5) is 5.69 Å². The molecule has 4 rings (SSSR count). The molecular weight excluding hydrogens is 298 g/mol. The van der Waals surface area contributed by atoms with Crippen molar-refractivity contribution in [2.75, 3.05) is 18.0 Å². The molecular formula is C20H23N3O. The van der Waals surface area contributed by atoms with Gasteiger partial charge in [0.2, 0.25) is 5.91 Å². The molecule has 0 unspecified atom stereocenters.